The predicted molar refractivity (Wildman–Crippen MR) is 96.7 cm³/mol. The molecule has 1 atom stereocenters. The second kappa shape index (κ2) is 5.55. The lowest BCUT2D eigenvalue weighted by atomic mass is 10.0. The van der Waals surface area contributed by atoms with E-state index in [9.17, 15) is 0 Å². The van der Waals surface area contributed by atoms with Crippen molar-refractivity contribution >= 4 is 27.4 Å². The van der Waals surface area contributed by atoms with Crippen molar-refractivity contribution < 1.29 is 0 Å². The molecule has 5 nitrogen and oxygen atoms in total. The third-order valence-electron chi connectivity index (χ3n) is 5.35. The first kappa shape index (κ1) is 14.4. The molecule has 1 unspecified atom stereocenters. The number of nitrogens with zero attached hydrogens (tertiary/aromatic N) is 5. The molecular weight excluding hydrogens is 318 g/mol. The molecule has 3 aromatic rings. The number of rotatable bonds is 3. The first-order chi connectivity index (χ1) is 11.8. The summed E-state index contributed by atoms with van der Waals surface area (Å²) in [4.78, 5) is 14.4. The third kappa shape index (κ3) is 2.32. The van der Waals surface area contributed by atoms with E-state index in [1.54, 1.807) is 6.33 Å². The molecule has 4 heterocycles. The van der Waals surface area contributed by atoms with Gasteiger partial charge >= 0.3 is 0 Å². The SMILES string of the molecule is Cn1cc(CC2CCN(c3ncnc4sc5c(c34)CCC5)C2)cn1. The van der Waals surface area contributed by atoms with Gasteiger partial charge in [0, 0.05) is 31.2 Å². The highest BCUT2D eigenvalue weighted by molar-refractivity contribution is 7.19. The van der Waals surface area contributed by atoms with Crippen molar-refractivity contribution in [3.05, 3.63) is 34.7 Å². The lowest BCUT2D eigenvalue weighted by molar-refractivity contribution is 0.586. The highest BCUT2D eigenvalue weighted by Crippen LogP contribution is 2.41. The Bertz CT molecular complexity index is 896. The standard InChI is InChI=1S/C18H21N5S/c1-22-9-13(8-21-22)7-12-5-6-23(10-12)17-16-14-3-2-4-15(14)24-18(16)20-11-19-17/h8-9,11-12H,2-7,10H2,1H3. The van der Waals surface area contributed by atoms with Crippen LogP contribution in [0, 0.1) is 5.92 Å². The van der Waals surface area contributed by atoms with E-state index in [0.717, 1.165) is 19.5 Å². The van der Waals surface area contributed by atoms with Crippen LogP contribution in [0.15, 0.2) is 18.7 Å². The van der Waals surface area contributed by atoms with Crippen molar-refractivity contribution in [1.82, 2.24) is 19.7 Å². The van der Waals surface area contributed by atoms with E-state index >= 15 is 0 Å². The maximum atomic E-state index is 4.69. The number of aromatic nitrogens is 4. The maximum Gasteiger partial charge on any atom is 0.141 e. The van der Waals surface area contributed by atoms with Gasteiger partial charge < -0.3 is 4.90 Å². The van der Waals surface area contributed by atoms with Gasteiger partial charge in [0.25, 0.3) is 0 Å². The molecule has 24 heavy (non-hydrogen) atoms. The minimum Gasteiger partial charge on any atom is -0.356 e. The average Bonchev–Trinajstić information content (AvgIpc) is 3.31. The summed E-state index contributed by atoms with van der Waals surface area (Å²) < 4.78 is 1.89. The topological polar surface area (TPSA) is 46.8 Å². The number of fused-ring (bicyclic) bond motifs is 3. The molecule has 3 aromatic heterocycles. The van der Waals surface area contributed by atoms with Gasteiger partial charge in [0.1, 0.15) is 17.0 Å². The van der Waals surface area contributed by atoms with Crippen LogP contribution in [0.3, 0.4) is 0 Å². The first-order valence-electron chi connectivity index (χ1n) is 8.75. The average molecular weight is 339 g/mol. The fourth-order valence-corrected chi connectivity index (χ4v) is 5.48. The molecule has 1 aliphatic heterocycles. The summed E-state index contributed by atoms with van der Waals surface area (Å²) >= 11 is 1.88. The fourth-order valence-electron chi connectivity index (χ4n) is 4.25. The molecule has 1 saturated heterocycles. The molecule has 0 radical (unpaired) electrons. The summed E-state index contributed by atoms with van der Waals surface area (Å²) in [7, 11) is 1.99. The van der Waals surface area contributed by atoms with Crippen LogP contribution in [0.2, 0.25) is 0 Å². The molecule has 5 rings (SSSR count). The highest BCUT2D eigenvalue weighted by atomic mass is 32.1. The van der Waals surface area contributed by atoms with E-state index in [1.807, 2.05) is 29.3 Å². The van der Waals surface area contributed by atoms with Crippen molar-refractivity contribution in [1.29, 1.82) is 0 Å². The number of hydrogen-bond acceptors (Lipinski definition) is 5. The van der Waals surface area contributed by atoms with E-state index in [-0.39, 0.29) is 0 Å². The Morgan fingerprint density at radius 2 is 2.25 bits per heavy atom. The normalized spacial score (nSPS) is 20.2. The van der Waals surface area contributed by atoms with E-state index in [0.29, 0.717) is 5.92 Å². The molecule has 6 heteroatoms. The largest absolute Gasteiger partial charge is 0.356 e. The number of anilines is 1. The molecule has 0 saturated carbocycles. The van der Waals surface area contributed by atoms with Crippen LogP contribution in [-0.2, 0) is 26.3 Å². The molecule has 0 spiro atoms. The summed E-state index contributed by atoms with van der Waals surface area (Å²) in [6.07, 6.45) is 11.9. The van der Waals surface area contributed by atoms with Crippen molar-refractivity contribution in [3.8, 4) is 0 Å². The Morgan fingerprint density at radius 3 is 3.12 bits per heavy atom. The van der Waals surface area contributed by atoms with Crippen LogP contribution in [0.4, 0.5) is 5.82 Å². The molecule has 2 aliphatic rings. The van der Waals surface area contributed by atoms with Gasteiger partial charge in [-0.25, -0.2) is 9.97 Å². The lowest BCUT2D eigenvalue weighted by Gasteiger charge is -2.18. The minimum atomic E-state index is 0.686. The monoisotopic (exact) mass is 339 g/mol. The van der Waals surface area contributed by atoms with Gasteiger partial charge in [0.2, 0.25) is 0 Å². The van der Waals surface area contributed by atoms with E-state index < -0.39 is 0 Å². The van der Waals surface area contributed by atoms with E-state index in [1.165, 1.54) is 57.7 Å². The van der Waals surface area contributed by atoms with Gasteiger partial charge in [-0.1, -0.05) is 0 Å². The molecular formula is C18H21N5S. The second-order valence-electron chi connectivity index (χ2n) is 7.06. The summed E-state index contributed by atoms with van der Waals surface area (Å²) in [6, 6.07) is 0. The van der Waals surface area contributed by atoms with Crippen molar-refractivity contribution in [2.75, 3.05) is 18.0 Å². The molecule has 0 amide bonds. The van der Waals surface area contributed by atoms with Crippen LogP contribution in [-0.4, -0.2) is 32.8 Å². The first-order valence-corrected chi connectivity index (χ1v) is 9.57. The zero-order chi connectivity index (χ0) is 16.1. The van der Waals surface area contributed by atoms with Gasteiger partial charge in [-0.05, 0) is 49.1 Å². The Kier molecular flexibility index (Phi) is 3.33. The summed E-state index contributed by atoms with van der Waals surface area (Å²) in [5, 5.41) is 5.64. The van der Waals surface area contributed by atoms with Crippen molar-refractivity contribution in [2.24, 2.45) is 13.0 Å². The predicted octanol–water partition coefficient (Wildman–Crippen LogP) is 2.98. The van der Waals surface area contributed by atoms with Gasteiger partial charge in [-0.2, -0.15) is 5.10 Å². The van der Waals surface area contributed by atoms with Crippen LogP contribution in [0.25, 0.3) is 10.2 Å². The maximum absolute atomic E-state index is 4.69. The summed E-state index contributed by atoms with van der Waals surface area (Å²) in [5.41, 5.74) is 2.87. The zero-order valence-electron chi connectivity index (χ0n) is 13.9. The molecule has 0 aromatic carbocycles. The Labute approximate surface area is 145 Å². The van der Waals surface area contributed by atoms with Crippen molar-refractivity contribution in [2.45, 2.75) is 32.1 Å². The second-order valence-corrected chi connectivity index (χ2v) is 8.15. The smallest absolute Gasteiger partial charge is 0.141 e. The van der Waals surface area contributed by atoms with Gasteiger partial charge in [0.05, 0.1) is 11.6 Å². The van der Waals surface area contributed by atoms with E-state index in [2.05, 4.69) is 26.2 Å². The molecule has 1 aliphatic carbocycles. The molecule has 0 N–H and O–H groups in total. The minimum absolute atomic E-state index is 0.686. The van der Waals surface area contributed by atoms with Gasteiger partial charge in [-0.15, -0.1) is 11.3 Å². The highest BCUT2D eigenvalue weighted by Gasteiger charge is 2.28. The van der Waals surface area contributed by atoms with Crippen LogP contribution < -0.4 is 4.90 Å². The molecule has 1 fully saturated rings. The van der Waals surface area contributed by atoms with Gasteiger partial charge in [-0.3, -0.25) is 4.68 Å². The number of hydrogen-bond donors (Lipinski definition) is 0. The Hall–Kier alpha value is -1.95. The Morgan fingerprint density at radius 1 is 1.29 bits per heavy atom. The summed E-state index contributed by atoms with van der Waals surface area (Å²) in [5.74, 6) is 1.86. The quantitative estimate of drug-likeness (QED) is 0.736. The fraction of sp³-hybridized carbons (Fsp3) is 0.500. The molecule has 0 bridgehead atoms. The lowest BCUT2D eigenvalue weighted by Crippen LogP contribution is -2.21. The van der Waals surface area contributed by atoms with Gasteiger partial charge in [0.15, 0.2) is 0 Å². The van der Waals surface area contributed by atoms with Crippen molar-refractivity contribution in [3.63, 3.8) is 0 Å². The van der Waals surface area contributed by atoms with E-state index in [4.69, 9.17) is 0 Å². The van der Waals surface area contributed by atoms with Crippen LogP contribution in [0.1, 0.15) is 28.8 Å². The zero-order valence-corrected chi connectivity index (χ0v) is 14.7. The van der Waals surface area contributed by atoms with Crippen LogP contribution in [0.5, 0.6) is 0 Å². The van der Waals surface area contributed by atoms with Crippen LogP contribution >= 0.6 is 11.3 Å². The Balaban J connectivity index is 1.42. The number of aryl methyl sites for hydroxylation is 3. The summed E-state index contributed by atoms with van der Waals surface area (Å²) in [6.45, 7) is 2.19. The molecule has 124 valence electrons. The third-order valence-corrected chi connectivity index (χ3v) is 6.55. The number of thiophene rings is 1.